The van der Waals surface area contributed by atoms with Crippen molar-refractivity contribution >= 4 is 11.6 Å². The first-order valence-corrected chi connectivity index (χ1v) is 8.42. The number of aromatic nitrogens is 4. The second-order valence-corrected chi connectivity index (χ2v) is 6.44. The van der Waals surface area contributed by atoms with Crippen LogP contribution in [0.3, 0.4) is 0 Å². The lowest BCUT2D eigenvalue weighted by molar-refractivity contribution is -0.131. The van der Waals surface area contributed by atoms with E-state index in [4.69, 9.17) is 0 Å². The van der Waals surface area contributed by atoms with Crippen LogP contribution in [0.1, 0.15) is 35.8 Å². The third-order valence-corrected chi connectivity index (χ3v) is 4.88. The van der Waals surface area contributed by atoms with E-state index in [1.807, 2.05) is 46.7 Å². The van der Waals surface area contributed by atoms with Crippen molar-refractivity contribution in [1.82, 2.24) is 24.5 Å². The SMILES string of the molecule is Cc1nc2ccccn2c1CC(=O)N1CCC[C@@H](c2ccn[nH]2)C1. The molecule has 3 aromatic rings. The molecule has 124 valence electrons. The molecule has 3 aromatic heterocycles. The summed E-state index contributed by atoms with van der Waals surface area (Å²) in [6, 6.07) is 7.91. The number of likely N-dealkylation sites (tertiary alicyclic amines) is 1. The number of fused-ring (bicyclic) bond motifs is 1. The van der Waals surface area contributed by atoms with Crippen molar-refractivity contribution in [2.75, 3.05) is 13.1 Å². The number of hydrogen-bond acceptors (Lipinski definition) is 3. The fraction of sp³-hybridized carbons (Fsp3) is 0.389. The molecule has 0 unspecified atom stereocenters. The Morgan fingerprint density at radius 1 is 1.38 bits per heavy atom. The van der Waals surface area contributed by atoms with Gasteiger partial charge in [-0.3, -0.25) is 9.89 Å². The quantitative estimate of drug-likeness (QED) is 0.804. The zero-order chi connectivity index (χ0) is 16.5. The van der Waals surface area contributed by atoms with Crippen LogP contribution in [0.5, 0.6) is 0 Å². The Balaban J connectivity index is 1.52. The van der Waals surface area contributed by atoms with Crippen molar-refractivity contribution in [2.24, 2.45) is 0 Å². The molecule has 6 heteroatoms. The van der Waals surface area contributed by atoms with E-state index in [0.717, 1.165) is 48.7 Å². The van der Waals surface area contributed by atoms with Crippen molar-refractivity contribution in [2.45, 2.75) is 32.1 Å². The molecule has 4 rings (SSSR count). The van der Waals surface area contributed by atoms with Crippen molar-refractivity contribution in [3.05, 3.63) is 53.7 Å². The number of rotatable bonds is 3. The normalized spacial score (nSPS) is 18.2. The molecule has 1 N–H and O–H groups in total. The van der Waals surface area contributed by atoms with E-state index >= 15 is 0 Å². The van der Waals surface area contributed by atoms with Crippen LogP contribution in [0, 0.1) is 6.92 Å². The summed E-state index contributed by atoms with van der Waals surface area (Å²) in [6.07, 6.45) is 6.27. The molecule has 0 saturated carbocycles. The number of nitrogens with one attached hydrogen (secondary N) is 1. The van der Waals surface area contributed by atoms with E-state index in [9.17, 15) is 4.79 Å². The molecule has 0 radical (unpaired) electrons. The van der Waals surface area contributed by atoms with Gasteiger partial charge in [-0.1, -0.05) is 6.07 Å². The molecule has 1 aliphatic rings. The second kappa shape index (κ2) is 6.11. The van der Waals surface area contributed by atoms with Crippen LogP contribution in [0.2, 0.25) is 0 Å². The lowest BCUT2D eigenvalue weighted by Crippen LogP contribution is -2.40. The summed E-state index contributed by atoms with van der Waals surface area (Å²) in [7, 11) is 0. The van der Waals surface area contributed by atoms with Gasteiger partial charge < -0.3 is 9.30 Å². The minimum atomic E-state index is 0.174. The monoisotopic (exact) mass is 323 g/mol. The zero-order valence-corrected chi connectivity index (χ0v) is 13.8. The summed E-state index contributed by atoms with van der Waals surface area (Å²) in [5, 5.41) is 7.08. The predicted molar refractivity (Wildman–Crippen MR) is 90.8 cm³/mol. The highest BCUT2D eigenvalue weighted by Gasteiger charge is 2.26. The number of aryl methyl sites for hydroxylation is 1. The average molecular weight is 323 g/mol. The van der Waals surface area contributed by atoms with Crippen molar-refractivity contribution in [1.29, 1.82) is 0 Å². The standard InChI is InChI=1S/C18H21N5O/c1-13-16(23-10-3-2-6-17(23)20-13)11-18(24)22-9-4-5-14(12-22)15-7-8-19-21-15/h2-3,6-8,10,14H,4-5,9,11-12H2,1H3,(H,19,21)/t14-/m1/s1. The van der Waals surface area contributed by atoms with Crippen LogP contribution in [0.15, 0.2) is 36.7 Å². The Labute approximate surface area is 140 Å². The average Bonchev–Trinajstić information content (AvgIpc) is 3.24. The zero-order valence-electron chi connectivity index (χ0n) is 13.8. The Hall–Kier alpha value is -2.63. The predicted octanol–water partition coefficient (Wildman–Crippen LogP) is 2.31. The number of piperidine rings is 1. The first-order valence-electron chi connectivity index (χ1n) is 8.42. The van der Waals surface area contributed by atoms with Crippen molar-refractivity contribution < 1.29 is 4.79 Å². The molecule has 1 atom stereocenters. The molecule has 1 saturated heterocycles. The Kier molecular flexibility index (Phi) is 3.80. The summed E-state index contributed by atoms with van der Waals surface area (Å²) < 4.78 is 2.02. The highest BCUT2D eigenvalue weighted by Crippen LogP contribution is 2.26. The fourth-order valence-corrected chi connectivity index (χ4v) is 3.58. The molecule has 0 bridgehead atoms. The van der Waals surface area contributed by atoms with E-state index in [1.54, 1.807) is 6.20 Å². The number of amides is 1. The number of imidazole rings is 1. The number of carbonyl (C=O) groups is 1. The van der Waals surface area contributed by atoms with Crippen LogP contribution in [-0.4, -0.2) is 43.5 Å². The van der Waals surface area contributed by atoms with Crippen LogP contribution < -0.4 is 0 Å². The molecule has 0 spiro atoms. The first kappa shape index (κ1) is 14.9. The molecule has 4 heterocycles. The smallest absolute Gasteiger partial charge is 0.228 e. The Morgan fingerprint density at radius 2 is 2.29 bits per heavy atom. The van der Waals surface area contributed by atoms with Gasteiger partial charge in [-0.05, 0) is 38.0 Å². The lowest BCUT2D eigenvalue weighted by atomic mass is 9.94. The van der Waals surface area contributed by atoms with Gasteiger partial charge in [0, 0.05) is 37.1 Å². The maximum atomic E-state index is 12.8. The van der Waals surface area contributed by atoms with Gasteiger partial charge in [-0.15, -0.1) is 0 Å². The van der Waals surface area contributed by atoms with E-state index in [0.29, 0.717) is 12.3 Å². The molecular weight excluding hydrogens is 302 g/mol. The number of nitrogens with zero attached hydrogens (tertiary/aromatic N) is 4. The van der Waals surface area contributed by atoms with Crippen LogP contribution >= 0.6 is 0 Å². The molecule has 0 aromatic carbocycles. The van der Waals surface area contributed by atoms with Gasteiger partial charge in [0.25, 0.3) is 0 Å². The summed E-state index contributed by atoms with van der Waals surface area (Å²) in [6.45, 7) is 3.56. The molecular formula is C18H21N5O. The van der Waals surface area contributed by atoms with E-state index in [-0.39, 0.29) is 5.91 Å². The minimum Gasteiger partial charge on any atom is -0.342 e. The first-order chi connectivity index (χ1) is 11.7. The highest BCUT2D eigenvalue weighted by atomic mass is 16.2. The van der Waals surface area contributed by atoms with Crippen molar-refractivity contribution in [3.63, 3.8) is 0 Å². The Bertz CT molecular complexity index is 852. The third kappa shape index (κ3) is 2.68. The van der Waals surface area contributed by atoms with Crippen LogP contribution in [0.25, 0.3) is 5.65 Å². The Morgan fingerprint density at radius 3 is 3.12 bits per heavy atom. The van der Waals surface area contributed by atoms with Gasteiger partial charge in [-0.2, -0.15) is 5.10 Å². The molecule has 6 nitrogen and oxygen atoms in total. The summed E-state index contributed by atoms with van der Waals surface area (Å²) in [5.74, 6) is 0.529. The summed E-state index contributed by atoms with van der Waals surface area (Å²) in [4.78, 5) is 19.4. The maximum absolute atomic E-state index is 12.8. The second-order valence-electron chi connectivity index (χ2n) is 6.44. The largest absolute Gasteiger partial charge is 0.342 e. The molecule has 1 aliphatic heterocycles. The number of H-pyrrole nitrogens is 1. The van der Waals surface area contributed by atoms with E-state index < -0.39 is 0 Å². The third-order valence-electron chi connectivity index (χ3n) is 4.88. The maximum Gasteiger partial charge on any atom is 0.228 e. The number of pyridine rings is 1. The molecule has 0 aliphatic carbocycles. The van der Waals surface area contributed by atoms with Gasteiger partial charge in [0.2, 0.25) is 5.91 Å². The van der Waals surface area contributed by atoms with Gasteiger partial charge in [0.1, 0.15) is 5.65 Å². The molecule has 1 fully saturated rings. The van der Waals surface area contributed by atoms with Gasteiger partial charge >= 0.3 is 0 Å². The molecule has 1 amide bonds. The van der Waals surface area contributed by atoms with E-state index in [2.05, 4.69) is 15.2 Å². The fourth-order valence-electron chi connectivity index (χ4n) is 3.58. The number of aromatic amines is 1. The summed E-state index contributed by atoms with van der Waals surface area (Å²) in [5.41, 5.74) is 3.93. The highest BCUT2D eigenvalue weighted by molar-refractivity contribution is 5.79. The minimum absolute atomic E-state index is 0.174. The van der Waals surface area contributed by atoms with Gasteiger partial charge in [-0.25, -0.2) is 4.98 Å². The topological polar surface area (TPSA) is 66.3 Å². The van der Waals surface area contributed by atoms with Crippen molar-refractivity contribution in [3.8, 4) is 0 Å². The number of hydrogen-bond donors (Lipinski definition) is 1. The van der Waals surface area contributed by atoms with Gasteiger partial charge in [0.05, 0.1) is 17.8 Å². The van der Waals surface area contributed by atoms with Gasteiger partial charge in [0.15, 0.2) is 0 Å². The number of carbonyl (C=O) groups excluding carboxylic acids is 1. The molecule has 24 heavy (non-hydrogen) atoms. The summed E-state index contributed by atoms with van der Waals surface area (Å²) >= 11 is 0. The lowest BCUT2D eigenvalue weighted by Gasteiger charge is -2.32. The van der Waals surface area contributed by atoms with Crippen LogP contribution in [0.4, 0.5) is 0 Å². The van der Waals surface area contributed by atoms with E-state index in [1.165, 1.54) is 0 Å². The van der Waals surface area contributed by atoms with Crippen LogP contribution in [-0.2, 0) is 11.2 Å².